The number of nitrogens with two attached hydrogens (primary N) is 1. The lowest BCUT2D eigenvalue weighted by Gasteiger charge is -2.39. The molecule has 1 fully saturated rings. The molecule has 1 unspecified atom stereocenters. The first-order valence-corrected chi connectivity index (χ1v) is 4.74. The third kappa shape index (κ3) is 2.85. The molecule has 0 aromatic rings. The summed E-state index contributed by atoms with van der Waals surface area (Å²) < 4.78 is 10.1. The molecular weight excluding hydrogens is 206 g/mol. The van der Waals surface area contributed by atoms with E-state index in [2.05, 4.69) is 0 Å². The first-order chi connectivity index (χ1) is 7.11. The van der Waals surface area contributed by atoms with Gasteiger partial charge < -0.3 is 35.6 Å². The number of ether oxygens (including phenoxy) is 2. The van der Waals surface area contributed by atoms with Crippen LogP contribution in [-0.4, -0.2) is 70.9 Å². The smallest absolute Gasteiger partial charge is 0.186 e. The quantitative estimate of drug-likeness (QED) is 0.339. The van der Waals surface area contributed by atoms with Gasteiger partial charge in [-0.05, 0) is 0 Å². The Morgan fingerprint density at radius 2 is 1.80 bits per heavy atom. The van der Waals surface area contributed by atoms with Crippen molar-refractivity contribution >= 4 is 0 Å². The Bertz CT molecular complexity index is 190. The van der Waals surface area contributed by atoms with Crippen molar-refractivity contribution in [3.8, 4) is 0 Å². The zero-order valence-corrected chi connectivity index (χ0v) is 8.19. The van der Waals surface area contributed by atoms with Crippen molar-refractivity contribution in [2.75, 3.05) is 19.8 Å². The van der Waals surface area contributed by atoms with Crippen LogP contribution >= 0.6 is 0 Å². The van der Waals surface area contributed by atoms with Gasteiger partial charge in [-0.3, -0.25) is 0 Å². The Kier molecular flexibility index (Phi) is 4.87. The maximum atomic E-state index is 9.47. The van der Waals surface area contributed by atoms with E-state index < -0.39 is 37.3 Å². The van der Waals surface area contributed by atoms with Gasteiger partial charge in [0.15, 0.2) is 6.29 Å². The topological polar surface area (TPSA) is 125 Å². The van der Waals surface area contributed by atoms with Crippen molar-refractivity contribution in [2.24, 2.45) is 5.73 Å². The molecule has 7 nitrogen and oxygen atoms in total. The lowest BCUT2D eigenvalue weighted by Crippen LogP contribution is -2.59. The number of rotatable bonds is 4. The third-order valence-electron chi connectivity index (χ3n) is 2.25. The Balaban J connectivity index is 2.57. The van der Waals surface area contributed by atoms with E-state index in [-0.39, 0.29) is 13.2 Å². The summed E-state index contributed by atoms with van der Waals surface area (Å²) in [6.07, 6.45) is -6.13. The fourth-order valence-corrected chi connectivity index (χ4v) is 1.39. The van der Waals surface area contributed by atoms with Gasteiger partial charge in [0.1, 0.15) is 24.4 Å². The minimum atomic E-state index is -1.40. The van der Waals surface area contributed by atoms with Crippen LogP contribution in [-0.2, 0) is 9.47 Å². The van der Waals surface area contributed by atoms with Crippen LogP contribution < -0.4 is 5.73 Å². The molecule has 1 aliphatic heterocycles. The van der Waals surface area contributed by atoms with Gasteiger partial charge in [-0.15, -0.1) is 0 Å². The van der Waals surface area contributed by atoms with Gasteiger partial charge in [0.2, 0.25) is 0 Å². The first kappa shape index (κ1) is 12.8. The van der Waals surface area contributed by atoms with Gasteiger partial charge >= 0.3 is 0 Å². The zero-order chi connectivity index (χ0) is 11.4. The average Bonchev–Trinajstić information content (AvgIpc) is 2.25. The summed E-state index contributed by atoms with van der Waals surface area (Å²) in [6.45, 7) is -0.0643. The van der Waals surface area contributed by atoms with Gasteiger partial charge in [-0.1, -0.05) is 0 Å². The number of hydrogen-bond acceptors (Lipinski definition) is 7. The van der Waals surface area contributed by atoms with Gasteiger partial charge in [-0.2, -0.15) is 0 Å². The highest BCUT2D eigenvalue weighted by Gasteiger charge is 2.43. The molecule has 1 heterocycles. The summed E-state index contributed by atoms with van der Waals surface area (Å²) in [5, 5.41) is 37.1. The van der Waals surface area contributed by atoms with Crippen molar-refractivity contribution in [2.45, 2.75) is 30.7 Å². The molecule has 0 aromatic carbocycles. The fraction of sp³-hybridized carbons (Fsp3) is 1.00. The predicted molar refractivity (Wildman–Crippen MR) is 48.8 cm³/mol. The standard InChI is InChI=1S/C8H17NO6/c9-1-2-14-8-7(13)6(12)5(11)4(3-10)15-8/h4-8,10-13H,1-3,9H2/t4-,5-,6+,7-,8?/m1/s1. The molecule has 1 aliphatic rings. The van der Waals surface area contributed by atoms with Gasteiger partial charge in [-0.25, -0.2) is 0 Å². The molecular formula is C8H17NO6. The number of aliphatic hydroxyl groups is 4. The highest BCUT2D eigenvalue weighted by Crippen LogP contribution is 2.21. The maximum Gasteiger partial charge on any atom is 0.186 e. The number of hydrogen-bond donors (Lipinski definition) is 5. The summed E-state index contributed by atoms with van der Waals surface area (Å²) in [5.74, 6) is 0. The molecule has 1 saturated heterocycles. The molecule has 90 valence electrons. The second-order valence-electron chi connectivity index (χ2n) is 3.36. The van der Waals surface area contributed by atoms with Crippen LogP contribution in [0.5, 0.6) is 0 Å². The van der Waals surface area contributed by atoms with Crippen LogP contribution in [0.1, 0.15) is 0 Å². The highest BCUT2D eigenvalue weighted by atomic mass is 16.7. The molecule has 5 atom stereocenters. The van der Waals surface area contributed by atoms with Crippen LogP contribution in [0, 0.1) is 0 Å². The van der Waals surface area contributed by atoms with Crippen molar-refractivity contribution in [1.82, 2.24) is 0 Å². The lowest BCUT2D eigenvalue weighted by atomic mass is 9.99. The van der Waals surface area contributed by atoms with Crippen LogP contribution in [0.25, 0.3) is 0 Å². The monoisotopic (exact) mass is 223 g/mol. The minimum absolute atomic E-state index is 0.155. The van der Waals surface area contributed by atoms with E-state index >= 15 is 0 Å². The molecule has 15 heavy (non-hydrogen) atoms. The summed E-state index contributed by atoms with van der Waals surface area (Å²) >= 11 is 0. The summed E-state index contributed by atoms with van der Waals surface area (Å²) in [5.41, 5.74) is 5.20. The van der Waals surface area contributed by atoms with Crippen molar-refractivity contribution in [1.29, 1.82) is 0 Å². The van der Waals surface area contributed by atoms with Crippen LogP contribution in [0.15, 0.2) is 0 Å². The molecule has 0 aliphatic carbocycles. The predicted octanol–water partition coefficient (Wildman–Crippen LogP) is -3.24. The maximum absolute atomic E-state index is 9.47. The van der Waals surface area contributed by atoms with Crippen molar-refractivity contribution in [3.63, 3.8) is 0 Å². The number of aliphatic hydroxyl groups excluding tert-OH is 4. The SMILES string of the molecule is NCCOC1O[C@H](CO)[C@@H](O)[C@H](O)[C@H]1O. The normalized spacial score (nSPS) is 41.8. The summed E-state index contributed by atoms with van der Waals surface area (Å²) in [4.78, 5) is 0. The summed E-state index contributed by atoms with van der Waals surface area (Å²) in [7, 11) is 0. The molecule has 0 amide bonds. The second-order valence-corrected chi connectivity index (χ2v) is 3.36. The Hall–Kier alpha value is -0.280. The zero-order valence-electron chi connectivity index (χ0n) is 8.19. The molecule has 0 radical (unpaired) electrons. The molecule has 6 N–H and O–H groups in total. The molecule has 7 heteroatoms. The van der Waals surface area contributed by atoms with E-state index in [1.54, 1.807) is 0 Å². The van der Waals surface area contributed by atoms with E-state index in [1.807, 2.05) is 0 Å². The van der Waals surface area contributed by atoms with Crippen LogP contribution in [0.2, 0.25) is 0 Å². The van der Waals surface area contributed by atoms with E-state index in [4.69, 9.17) is 20.3 Å². The first-order valence-electron chi connectivity index (χ1n) is 4.74. The van der Waals surface area contributed by atoms with E-state index in [9.17, 15) is 15.3 Å². The molecule has 1 rings (SSSR count). The van der Waals surface area contributed by atoms with Gasteiger partial charge in [0.25, 0.3) is 0 Å². The molecule has 0 bridgehead atoms. The van der Waals surface area contributed by atoms with Gasteiger partial charge in [0, 0.05) is 6.54 Å². The fourth-order valence-electron chi connectivity index (χ4n) is 1.39. The Morgan fingerprint density at radius 3 is 2.33 bits per heavy atom. The van der Waals surface area contributed by atoms with Gasteiger partial charge in [0.05, 0.1) is 13.2 Å². The van der Waals surface area contributed by atoms with E-state index in [0.29, 0.717) is 0 Å². The molecule has 0 saturated carbocycles. The van der Waals surface area contributed by atoms with Crippen molar-refractivity contribution in [3.05, 3.63) is 0 Å². The summed E-state index contributed by atoms with van der Waals surface area (Å²) in [6, 6.07) is 0. The third-order valence-corrected chi connectivity index (χ3v) is 2.25. The van der Waals surface area contributed by atoms with E-state index in [0.717, 1.165) is 0 Å². The van der Waals surface area contributed by atoms with E-state index in [1.165, 1.54) is 0 Å². The highest BCUT2D eigenvalue weighted by molar-refractivity contribution is 4.88. The van der Waals surface area contributed by atoms with Crippen LogP contribution in [0.3, 0.4) is 0 Å². The largest absolute Gasteiger partial charge is 0.394 e. The lowest BCUT2D eigenvalue weighted by molar-refractivity contribution is -0.300. The Labute approximate surface area is 87.0 Å². The average molecular weight is 223 g/mol. The van der Waals surface area contributed by atoms with Crippen LogP contribution in [0.4, 0.5) is 0 Å². The molecule has 0 spiro atoms. The molecule has 0 aromatic heterocycles. The Morgan fingerprint density at radius 1 is 1.13 bits per heavy atom. The van der Waals surface area contributed by atoms with Crippen molar-refractivity contribution < 1.29 is 29.9 Å². The minimum Gasteiger partial charge on any atom is -0.394 e. The second kappa shape index (κ2) is 5.71.